The summed E-state index contributed by atoms with van der Waals surface area (Å²) >= 11 is 0. The van der Waals surface area contributed by atoms with Crippen LogP contribution in [0, 0.1) is 6.92 Å². The predicted octanol–water partition coefficient (Wildman–Crippen LogP) is 3.93. The highest BCUT2D eigenvalue weighted by molar-refractivity contribution is 5.16. The van der Waals surface area contributed by atoms with E-state index in [0.717, 1.165) is 6.42 Å². The van der Waals surface area contributed by atoms with Gasteiger partial charge in [-0.05, 0) is 37.0 Å². The van der Waals surface area contributed by atoms with E-state index in [2.05, 4.69) is 31.8 Å². The van der Waals surface area contributed by atoms with Gasteiger partial charge in [-0.2, -0.15) is 0 Å². The summed E-state index contributed by atoms with van der Waals surface area (Å²) in [5.41, 5.74) is 2.52. The second-order valence-corrected chi connectivity index (χ2v) is 3.07. The minimum Gasteiger partial charge on any atom is -0.261 e. The summed E-state index contributed by atoms with van der Waals surface area (Å²) in [6, 6.07) is 4.19. The Hall–Kier alpha value is -0.850. The van der Waals surface area contributed by atoms with Gasteiger partial charge in [0.1, 0.15) is 0 Å². The maximum absolute atomic E-state index is 4.31. The molecule has 0 aliphatic carbocycles. The van der Waals surface area contributed by atoms with E-state index in [1.807, 2.05) is 26.1 Å². The van der Waals surface area contributed by atoms with Gasteiger partial charge in [-0.1, -0.05) is 27.7 Å². The Labute approximate surface area is 82.2 Å². The lowest BCUT2D eigenvalue weighted by Crippen LogP contribution is -1.94. The van der Waals surface area contributed by atoms with E-state index < -0.39 is 0 Å². The van der Waals surface area contributed by atoms with Gasteiger partial charge in [0.25, 0.3) is 0 Å². The van der Waals surface area contributed by atoms with Crippen molar-refractivity contribution in [2.24, 2.45) is 0 Å². The van der Waals surface area contributed by atoms with Crippen LogP contribution < -0.4 is 0 Å². The Morgan fingerprint density at radius 3 is 2.46 bits per heavy atom. The van der Waals surface area contributed by atoms with E-state index in [9.17, 15) is 0 Å². The van der Waals surface area contributed by atoms with Gasteiger partial charge in [0.2, 0.25) is 0 Å². The number of aryl methyl sites for hydroxylation is 1. The summed E-state index contributed by atoms with van der Waals surface area (Å²) in [4.78, 5) is 4.31. The van der Waals surface area contributed by atoms with Crippen molar-refractivity contribution in [3.05, 3.63) is 29.6 Å². The van der Waals surface area contributed by atoms with Crippen LogP contribution in [-0.2, 0) is 0 Å². The summed E-state index contributed by atoms with van der Waals surface area (Å²) in [7, 11) is 0. The van der Waals surface area contributed by atoms with E-state index >= 15 is 0 Å². The smallest absolute Gasteiger partial charge is 0.0434 e. The first-order valence-corrected chi connectivity index (χ1v) is 5.16. The number of nitrogens with zero attached hydrogens (tertiary/aromatic N) is 1. The van der Waals surface area contributed by atoms with Gasteiger partial charge in [-0.3, -0.25) is 4.98 Å². The molecule has 0 aliphatic heterocycles. The third-order valence-corrected chi connectivity index (χ3v) is 2.05. The van der Waals surface area contributed by atoms with Crippen LogP contribution in [0.5, 0.6) is 0 Å². The highest BCUT2D eigenvalue weighted by Gasteiger charge is 2.02. The van der Waals surface area contributed by atoms with Crippen LogP contribution in [-0.4, -0.2) is 4.98 Å². The lowest BCUT2D eigenvalue weighted by molar-refractivity contribution is 0.707. The van der Waals surface area contributed by atoms with Gasteiger partial charge in [0, 0.05) is 11.9 Å². The van der Waals surface area contributed by atoms with Crippen molar-refractivity contribution in [1.82, 2.24) is 4.98 Å². The molecule has 74 valence electrons. The molecule has 0 spiro atoms. The van der Waals surface area contributed by atoms with Gasteiger partial charge < -0.3 is 0 Å². The number of pyridine rings is 1. The highest BCUT2D eigenvalue weighted by Crippen LogP contribution is 2.16. The SMILES string of the molecule is CC.CCC(C)c1cc(C)ccn1. The van der Waals surface area contributed by atoms with E-state index in [1.165, 1.54) is 11.3 Å². The maximum Gasteiger partial charge on any atom is 0.0434 e. The second kappa shape index (κ2) is 6.64. The number of hydrogen-bond donors (Lipinski definition) is 0. The van der Waals surface area contributed by atoms with Gasteiger partial charge in [-0.25, -0.2) is 0 Å². The zero-order valence-electron chi connectivity index (χ0n) is 9.46. The number of rotatable bonds is 2. The van der Waals surface area contributed by atoms with Crippen molar-refractivity contribution >= 4 is 0 Å². The van der Waals surface area contributed by atoms with Gasteiger partial charge >= 0.3 is 0 Å². The third kappa shape index (κ3) is 4.07. The van der Waals surface area contributed by atoms with Crippen LogP contribution in [0.25, 0.3) is 0 Å². The van der Waals surface area contributed by atoms with Crippen molar-refractivity contribution in [3.63, 3.8) is 0 Å². The summed E-state index contributed by atoms with van der Waals surface area (Å²) in [6.45, 7) is 10.5. The Bertz CT molecular complexity index is 230. The van der Waals surface area contributed by atoms with E-state index in [1.54, 1.807) is 0 Å². The molecule has 0 fully saturated rings. The molecule has 1 aromatic heterocycles. The predicted molar refractivity (Wildman–Crippen MR) is 59.0 cm³/mol. The Morgan fingerprint density at radius 1 is 1.38 bits per heavy atom. The van der Waals surface area contributed by atoms with Crippen LogP contribution in [0.4, 0.5) is 0 Å². The van der Waals surface area contributed by atoms with Crippen LogP contribution in [0.2, 0.25) is 0 Å². The molecule has 1 atom stereocenters. The van der Waals surface area contributed by atoms with Gasteiger partial charge in [0.15, 0.2) is 0 Å². The monoisotopic (exact) mass is 179 g/mol. The van der Waals surface area contributed by atoms with Crippen molar-refractivity contribution < 1.29 is 0 Å². The minimum atomic E-state index is 0.592. The fraction of sp³-hybridized carbons (Fsp3) is 0.583. The normalized spacial score (nSPS) is 11.5. The molecule has 1 aromatic rings. The summed E-state index contributed by atoms with van der Waals surface area (Å²) in [6.07, 6.45) is 3.05. The molecule has 0 N–H and O–H groups in total. The first kappa shape index (κ1) is 12.2. The van der Waals surface area contributed by atoms with Gasteiger partial charge in [0.05, 0.1) is 0 Å². The quantitative estimate of drug-likeness (QED) is 0.670. The topological polar surface area (TPSA) is 12.9 Å². The Morgan fingerprint density at radius 2 is 2.00 bits per heavy atom. The molecule has 0 amide bonds. The number of aromatic nitrogens is 1. The minimum absolute atomic E-state index is 0.592. The molecule has 1 unspecified atom stereocenters. The van der Waals surface area contributed by atoms with Gasteiger partial charge in [-0.15, -0.1) is 0 Å². The van der Waals surface area contributed by atoms with Crippen LogP contribution in [0.15, 0.2) is 18.3 Å². The Balaban J connectivity index is 0.000000671. The molecular weight excluding hydrogens is 158 g/mol. The van der Waals surface area contributed by atoms with E-state index in [0.29, 0.717) is 5.92 Å². The molecule has 0 aromatic carbocycles. The first-order chi connectivity index (χ1) is 6.24. The standard InChI is InChI=1S/C10H15N.C2H6/c1-4-9(3)10-7-8(2)5-6-11-10;1-2/h5-7,9H,4H2,1-3H3;1-2H3. The fourth-order valence-electron chi connectivity index (χ4n) is 1.04. The fourth-order valence-corrected chi connectivity index (χ4v) is 1.04. The third-order valence-electron chi connectivity index (χ3n) is 2.05. The van der Waals surface area contributed by atoms with Crippen molar-refractivity contribution in [1.29, 1.82) is 0 Å². The molecule has 1 heteroatoms. The lowest BCUT2D eigenvalue weighted by Gasteiger charge is -2.07. The molecule has 0 saturated carbocycles. The molecular formula is C12H21N. The maximum atomic E-state index is 4.31. The average Bonchev–Trinajstić information content (AvgIpc) is 2.20. The van der Waals surface area contributed by atoms with Crippen molar-refractivity contribution in [3.8, 4) is 0 Å². The highest BCUT2D eigenvalue weighted by atomic mass is 14.7. The summed E-state index contributed by atoms with van der Waals surface area (Å²) in [5.74, 6) is 0.592. The summed E-state index contributed by atoms with van der Waals surface area (Å²) < 4.78 is 0. The summed E-state index contributed by atoms with van der Waals surface area (Å²) in [5, 5.41) is 0. The molecule has 0 radical (unpaired) electrons. The molecule has 1 heterocycles. The van der Waals surface area contributed by atoms with E-state index in [4.69, 9.17) is 0 Å². The van der Waals surface area contributed by atoms with Crippen LogP contribution in [0.1, 0.15) is 51.3 Å². The average molecular weight is 179 g/mol. The first-order valence-electron chi connectivity index (χ1n) is 5.16. The molecule has 0 saturated heterocycles. The Kier molecular flexibility index (Phi) is 6.21. The zero-order valence-corrected chi connectivity index (χ0v) is 9.46. The van der Waals surface area contributed by atoms with Crippen molar-refractivity contribution in [2.75, 3.05) is 0 Å². The molecule has 13 heavy (non-hydrogen) atoms. The van der Waals surface area contributed by atoms with E-state index in [-0.39, 0.29) is 0 Å². The van der Waals surface area contributed by atoms with Crippen molar-refractivity contribution in [2.45, 2.75) is 47.0 Å². The van der Waals surface area contributed by atoms with Crippen LogP contribution in [0.3, 0.4) is 0 Å². The number of hydrogen-bond acceptors (Lipinski definition) is 1. The lowest BCUT2D eigenvalue weighted by atomic mass is 10.0. The molecule has 0 bridgehead atoms. The van der Waals surface area contributed by atoms with Crippen LogP contribution >= 0.6 is 0 Å². The second-order valence-electron chi connectivity index (χ2n) is 3.07. The molecule has 0 aliphatic rings. The zero-order chi connectivity index (χ0) is 10.3. The largest absolute Gasteiger partial charge is 0.261 e. The molecule has 1 rings (SSSR count). The molecule has 1 nitrogen and oxygen atoms in total.